The maximum atomic E-state index is 12.6. The van der Waals surface area contributed by atoms with Crippen molar-refractivity contribution in [2.24, 2.45) is 5.92 Å². The van der Waals surface area contributed by atoms with Crippen LogP contribution in [0.5, 0.6) is 5.75 Å². The van der Waals surface area contributed by atoms with Gasteiger partial charge in [-0.25, -0.2) is 0 Å². The van der Waals surface area contributed by atoms with Crippen molar-refractivity contribution in [1.29, 1.82) is 0 Å². The molecule has 2 amide bonds. The summed E-state index contributed by atoms with van der Waals surface area (Å²) in [5.74, 6) is 1.13. The van der Waals surface area contributed by atoms with Gasteiger partial charge in [0.25, 0.3) is 0 Å². The van der Waals surface area contributed by atoms with Crippen molar-refractivity contribution in [1.82, 2.24) is 4.90 Å². The lowest BCUT2D eigenvalue weighted by Gasteiger charge is -2.32. The molecular weight excluding hydrogens is 304 g/mol. The molecule has 1 aromatic rings. The van der Waals surface area contributed by atoms with Gasteiger partial charge in [-0.2, -0.15) is 0 Å². The van der Waals surface area contributed by atoms with Gasteiger partial charge in [0.1, 0.15) is 12.3 Å². The number of hydrogen-bond acceptors (Lipinski definition) is 3. The molecule has 0 atom stereocenters. The Morgan fingerprint density at radius 2 is 1.88 bits per heavy atom. The van der Waals surface area contributed by atoms with E-state index in [9.17, 15) is 9.59 Å². The van der Waals surface area contributed by atoms with E-state index in [-0.39, 0.29) is 24.5 Å². The van der Waals surface area contributed by atoms with Gasteiger partial charge < -0.3 is 9.64 Å². The van der Waals surface area contributed by atoms with Gasteiger partial charge >= 0.3 is 0 Å². The summed E-state index contributed by atoms with van der Waals surface area (Å²) >= 11 is 0. The minimum Gasteiger partial charge on any atom is -0.489 e. The smallest absolute Gasteiger partial charge is 0.242 e. The van der Waals surface area contributed by atoms with Crippen LogP contribution >= 0.6 is 0 Å². The van der Waals surface area contributed by atoms with Crippen LogP contribution < -0.4 is 9.64 Å². The number of benzene rings is 1. The molecule has 0 saturated carbocycles. The number of rotatable bonds is 5. The average molecular weight is 332 g/mol. The number of piperidine rings is 1. The number of likely N-dealkylation sites (tertiary alicyclic amines) is 1. The number of hydrogen-bond donors (Lipinski definition) is 0. The van der Waals surface area contributed by atoms with E-state index < -0.39 is 0 Å². The molecule has 0 N–H and O–H groups in total. The van der Waals surface area contributed by atoms with Gasteiger partial charge in [-0.3, -0.25) is 14.5 Å². The number of amides is 2. The van der Waals surface area contributed by atoms with Crippen LogP contribution in [0.15, 0.2) is 24.3 Å². The number of carbonyl (C=O) groups excluding carboxylic acids is 2. The Morgan fingerprint density at radius 3 is 2.46 bits per heavy atom. The number of ether oxygens (including phenoxy) is 1. The third kappa shape index (κ3) is 4.73. The van der Waals surface area contributed by atoms with Crippen LogP contribution in [0.4, 0.5) is 5.69 Å². The van der Waals surface area contributed by atoms with Crippen molar-refractivity contribution in [2.45, 2.75) is 46.6 Å². The van der Waals surface area contributed by atoms with Crippen LogP contribution in [0.25, 0.3) is 0 Å². The van der Waals surface area contributed by atoms with Crippen molar-refractivity contribution >= 4 is 17.5 Å². The molecule has 0 spiro atoms. The lowest BCUT2D eigenvalue weighted by atomic mass is 9.99. The summed E-state index contributed by atoms with van der Waals surface area (Å²) < 4.78 is 5.80. The Labute approximate surface area is 144 Å². The van der Waals surface area contributed by atoms with Crippen molar-refractivity contribution in [3.63, 3.8) is 0 Å². The highest BCUT2D eigenvalue weighted by Gasteiger charge is 2.25. The zero-order valence-corrected chi connectivity index (χ0v) is 15.1. The first-order valence-corrected chi connectivity index (χ1v) is 8.70. The molecule has 132 valence electrons. The molecule has 0 bridgehead atoms. The maximum absolute atomic E-state index is 12.6. The van der Waals surface area contributed by atoms with E-state index in [1.165, 1.54) is 11.8 Å². The van der Waals surface area contributed by atoms with E-state index in [0.717, 1.165) is 25.9 Å². The Hall–Kier alpha value is -2.04. The molecule has 1 saturated heterocycles. The van der Waals surface area contributed by atoms with Gasteiger partial charge in [0.2, 0.25) is 11.8 Å². The standard InChI is InChI=1S/C19H28N2O3/c1-14(2)24-18-8-6-5-7-17(18)21(16(4)22)13-19(23)20-11-9-15(3)10-12-20/h5-8,14-15H,9-13H2,1-4H3. The molecule has 1 aliphatic heterocycles. The Kier molecular flexibility index (Phi) is 6.23. The van der Waals surface area contributed by atoms with Crippen LogP contribution in [0.3, 0.4) is 0 Å². The average Bonchev–Trinajstić information content (AvgIpc) is 2.53. The monoisotopic (exact) mass is 332 g/mol. The minimum atomic E-state index is -0.159. The molecule has 2 rings (SSSR count). The summed E-state index contributed by atoms with van der Waals surface area (Å²) in [6.07, 6.45) is 2.05. The number of carbonyl (C=O) groups is 2. The summed E-state index contributed by atoms with van der Waals surface area (Å²) in [6.45, 7) is 9.18. The maximum Gasteiger partial charge on any atom is 0.242 e. The predicted molar refractivity (Wildman–Crippen MR) is 95.2 cm³/mol. The first-order chi connectivity index (χ1) is 11.4. The molecule has 5 nitrogen and oxygen atoms in total. The summed E-state index contributed by atoms with van der Waals surface area (Å²) in [7, 11) is 0. The zero-order valence-electron chi connectivity index (χ0n) is 15.1. The quantitative estimate of drug-likeness (QED) is 0.832. The van der Waals surface area contributed by atoms with Crippen LogP contribution in [0.2, 0.25) is 0 Å². The first kappa shape index (κ1) is 18.3. The van der Waals surface area contributed by atoms with E-state index in [0.29, 0.717) is 17.4 Å². The van der Waals surface area contributed by atoms with Gasteiger partial charge in [-0.15, -0.1) is 0 Å². The number of nitrogens with zero attached hydrogens (tertiary/aromatic N) is 2. The molecule has 0 unspecified atom stereocenters. The second kappa shape index (κ2) is 8.18. The third-order valence-electron chi connectivity index (χ3n) is 4.33. The van der Waals surface area contributed by atoms with E-state index in [1.54, 1.807) is 0 Å². The first-order valence-electron chi connectivity index (χ1n) is 8.70. The van der Waals surface area contributed by atoms with Gasteiger partial charge in [-0.05, 0) is 44.7 Å². The largest absolute Gasteiger partial charge is 0.489 e. The summed E-state index contributed by atoms with van der Waals surface area (Å²) in [6, 6.07) is 7.38. The zero-order chi connectivity index (χ0) is 17.7. The molecule has 1 fully saturated rings. The molecule has 1 aromatic carbocycles. The number of anilines is 1. The Morgan fingerprint density at radius 1 is 1.25 bits per heavy atom. The highest BCUT2D eigenvalue weighted by Crippen LogP contribution is 2.29. The summed E-state index contributed by atoms with van der Waals surface area (Å²) in [5, 5.41) is 0. The van der Waals surface area contributed by atoms with Crippen molar-refractivity contribution < 1.29 is 14.3 Å². The van der Waals surface area contributed by atoms with E-state index in [2.05, 4.69) is 6.92 Å². The van der Waals surface area contributed by atoms with Crippen LogP contribution in [0.1, 0.15) is 40.5 Å². The topological polar surface area (TPSA) is 49.9 Å². The highest BCUT2D eigenvalue weighted by molar-refractivity contribution is 5.98. The van der Waals surface area contributed by atoms with Gasteiger partial charge in [-0.1, -0.05) is 19.1 Å². The molecule has 24 heavy (non-hydrogen) atoms. The van der Waals surface area contributed by atoms with Crippen molar-refractivity contribution in [2.75, 3.05) is 24.5 Å². The van der Waals surface area contributed by atoms with Crippen LogP contribution in [0, 0.1) is 5.92 Å². The van der Waals surface area contributed by atoms with Gasteiger partial charge in [0, 0.05) is 20.0 Å². The Balaban J connectivity index is 2.15. The molecular formula is C19H28N2O3. The van der Waals surface area contributed by atoms with Crippen LogP contribution in [-0.4, -0.2) is 42.5 Å². The molecule has 0 radical (unpaired) electrons. The van der Waals surface area contributed by atoms with Crippen molar-refractivity contribution in [3.8, 4) is 5.75 Å². The van der Waals surface area contributed by atoms with Gasteiger partial charge in [0.05, 0.1) is 11.8 Å². The van der Waals surface area contributed by atoms with E-state index in [1.807, 2.05) is 43.0 Å². The lowest BCUT2D eigenvalue weighted by Crippen LogP contribution is -2.45. The van der Waals surface area contributed by atoms with E-state index in [4.69, 9.17) is 4.74 Å². The fraction of sp³-hybridized carbons (Fsp3) is 0.579. The molecule has 0 aliphatic carbocycles. The summed E-state index contributed by atoms with van der Waals surface area (Å²) in [5.41, 5.74) is 0.650. The fourth-order valence-corrected chi connectivity index (χ4v) is 2.89. The minimum absolute atomic E-state index is 0.000702. The lowest BCUT2D eigenvalue weighted by molar-refractivity contribution is -0.132. The Bertz CT molecular complexity index is 578. The predicted octanol–water partition coefficient (Wildman–Crippen LogP) is 3.09. The van der Waals surface area contributed by atoms with Crippen LogP contribution in [-0.2, 0) is 9.59 Å². The molecule has 0 aromatic heterocycles. The normalized spacial score (nSPS) is 15.5. The van der Waals surface area contributed by atoms with E-state index >= 15 is 0 Å². The van der Waals surface area contributed by atoms with Gasteiger partial charge in [0.15, 0.2) is 0 Å². The SMILES string of the molecule is CC(=O)N(CC(=O)N1CCC(C)CC1)c1ccccc1OC(C)C. The second-order valence-corrected chi connectivity index (χ2v) is 6.80. The highest BCUT2D eigenvalue weighted by atomic mass is 16.5. The molecule has 5 heteroatoms. The second-order valence-electron chi connectivity index (χ2n) is 6.80. The molecule has 1 aliphatic rings. The fourth-order valence-electron chi connectivity index (χ4n) is 2.89. The summed E-state index contributed by atoms with van der Waals surface area (Å²) in [4.78, 5) is 28.1. The molecule has 1 heterocycles. The number of para-hydroxylation sites is 2. The van der Waals surface area contributed by atoms with Crippen molar-refractivity contribution in [3.05, 3.63) is 24.3 Å². The third-order valence-corrected chi connectivity index (χ3v) is 4.33.